The lowest BCUT2D eigenvalue weighted by Gasteiger charge is -2.23. The first-order valence-electron chi connectivity index (χ1n) is 7.60. The van der Waals surface area contributed by atoms with Gasteiger partial charge in [-0.3, -0.25) is 14.4 Å². The minimum absolute atomic E-state index is 0.506. The molecule has 6 nitrogen and oxygen atoms in total. The van der Waals surface area contributed by atoms with Crippen LogP contribution in [0.25, 0.3) is 0 Å². The maximum Gasteiger partial charge on any atom is 0.324 e. The van der Waals surface area contributed by atoms with E-state index in [1.165, 1.54) is 27.7 Å². The summed E-state index contributed by atoms with van der Waals surface area (Å²) in [7, 11) is 4.85. The largest absolute Gasteiger partial charge is 0.426 e. The summed E-state index contributed by atoms with van der Waals surface area (Å²) >= 11 is 0. The lowest BCUT2D eigenvalue weighted by atomic mass is 9.92. The smallest absolute Gasteiger partial charge is 0.324 e. The standard InChI is InChI=1S/C15H19NO5.C2H5B/c1-10(17)20-11(2)21-14(19)15(3,4)13(18)16-12-8-6-5-7-9-12;1-2-3/h5-9,11H,1-4H3,(H,16,18);2H2,1H3. The number of rotatable bonds is 5. The predicted molar refractivity (Wildman–Crippen MR) is 92.4 cm³/mol. The summed E-state index contributed by atoms with van der Waals surface area (Å²) in [6, 6.07) is 8.77. The second-order valence-corrected chi connectivity index (χ2v) is 5.44. The second-order valence-electron chi connectivity index (χ2n) is 5.44. The molecule has 130 valence electrons. The van der Waals surface area contributed by atoms with Gasteiger partial charge in [0.15, 0.2) is 0 Å². The van der Waals surface area contributed by atoms with E-state index in [-0.39, 0.29) is 0 Å². The Hall–Kier alpha value is -2.31. The van der Waals surface area contributed by atoms with E-state index in [0.717, 1.165) is 6.32 Å². The van der Waals surface area contributed by atoms with Crippen molar-refractivity contribution in [2.75, 3.05) is 5.32 Å². The van der Waals surface area contributed by atoms with Gasteiger partial charge in [0.05, 0.1) is 7.85 Å². The number of ether oxygens (including phenoxy) is 2. The number of carbonyl (C=O) groups is 3. The van der Waals surface area contributed by atoms with E-state index in [2.05, 4.69) is 5.32 Å². The molecular weight excluding hydrogens is 309 g/mol. The number of nitrogens with one attached hydrogen (secondary N) is 1. The van der Waals surface area contributed by atoms with Crippen LogP contribution in [0.5, 0.6) is 0 Å². The summed E-state index contributed by atoms with van der Waals surface area (Å²) in [6.45, 7) is 7.39. The Morgan fingerprint density at radius 1 is 1.17 bits per heavy atom. The van der Waals surface area contributed by atoms with Crippen LogP contribution in [-0.2, 0) is 23.9 Å². The van der Waals surface area contributed by atoms with E-state index in [1.54, 1.807) is 24.3 Å². The molecule has 0 saturated carbocycles. The van der Waals surface area contributed by atoms with Crippen molar-refractivity contribution in [3.05, 3.63) is 30.3 Å². The number of para-hydroxylation sites is 1. The highest BCUT2D eigenvalue weighted by Gasteiger charge is 2.39. The average molecular weight is 333 g/mol. The molecule has 0 fully saturated rings. The van der Waals surface area contributed by atoms with Gasteiger partial charge in [0.2, 0.25) is 12.2 Å². The minimum atomic E-state index is -1.41. The summed E-state index contributed by atoms with van der Waals surface area (Å²) in [5, 5.41) is 2.63. The van der Waals surface area contributed by atoms with Gasteiger partial charge in [0.1, 0.15) is 5.41 Å². The summed E-state index contributed by atoms with van der Waals surface area (Å²) < 4.78 is 9.64. The van der Waals surface area contributed by atoms with Crippen molar-refractivity contribution >= 4 is 31.4 Å². The normalized spacial score (nSPS) is 11.4. The van der Waals surface area contributed by atoms with Crippen LogP contribution >= 0.6 is 0 Å². The third-order valence-corrected chi connectivity index (χ3v) is 2.71. The van der Waals surface area contributed by atoms with Crippen LogP contribution in [0.3, 0.4) is 0 Å². The quantitative estimate of drug-likeness (QED) is 0.388. The zero-order valence-electron chi connectivity index (χ0n) is 14.8. The molecule has 0 aromatic heterocycles. The lowest BCUT2D eigenvalue weighted by molar-refractivity contribution is -0.189. The first-order valence-corrected chi connectivity index (χ1v) is 7.60. The molecule has 0 aliphatic rings. The molecule has 0 heterocycles. The van der Waals surface area contributed by atoms with Gasteiger partial charge in [-0.2, -0.15) is 0 Å². The van der Waals surface area contributed by atoms with Gasteiger partial charge in [0, 0.05) is 19.5 Å². The molecule has 0 spiro atoms. The Balaban J connectivity index is 0.00000163. The summed E-state index contributed by atoms with van der Waals surface area (Å²) in [5.41, 5.74) is -0.832. The summed E-state index contributed by atoms with van der Waals surface area (Å²) in [5.74, 6) is -1.85. The van der Waals surface area contributed by atoms with Crippen molar-refractivity contribution in [3.63, 3.8) is 0 Å². The van der Waals surface area contributed by atoms with E-state index in [1.807, 2.05) is 13.0 Å². The Kier molecular flexibility index (Phi) is 9.46. The van der Waals surface area contributed by atoms with Crippen molar-refractivity contribution in [1.82, 2.24) is 0 Å². The molecule has 0 aliphatic carbocycles. The molecule has 0 bridgehead atoms. The number of anilines is 1. The van der Waals surface area contributed by atoms with Crippen molar-refractivity contribution in [2.24, 2.45) is 5.41 Å². The molecule has 1 atom stereocenters. The maximum atomic E-state index is 12.2. The third-order valence-electron chi connectivity index (χ3n) is 2.71. The van der Waals surface area contributed by atoms with Gasteiger partial charge in [-0.25, -0.2) is 0 Å². The predicted octanol–water partition coefficient (Wildman–Crippen LogP) is 2.70. The second kappa shape index (κ2) is 10.5. The number of esters is 2. The zero-order valence-corrected chi connectivity index (χ0v) is 14.8. The van der Waals surface area contributed by atoms with Crippen molar-refractivity contribution in [1.29, 1.82) is 0 Å². The van der Waals surface area contributed by atoms with Crippen LogP contribution in [0.2, 0.25) is 6.32 Å². The molecule has 0 saturated heterocycles. The van der Waals surface area contributed by atoms with E-state index in [0.29, 0.717) is 5.69 Å². The van der Waals surface area contributed by atoms with Gasteiger partial charge in [-0.05, 0) is 26.0 Å². The molecule has 1 rings (SSSR count). The number of benzene rings is 1. The molecule has 1 aromatic carbocycles. The summed E-state index contributed by atoms with van der Waals surface area (Å²) in [4.78, 5) is 34.9. The highest BCUT2D eigenvalue weighted by Crippen LogP contribution is 2.21. The molecular formula is C17H24BNO5. The molecule has 1 unspecified atom stereocenters. The van der Waals surface area contributed by atoms with Crippen LogP contribution < -0.4 is 5.32 Å². The lowest BCUT2D eigenvalue weighted by Crippen LogP contribution is -2.41. The fourth-order valence-corrected chi connectivity index (χ4v) is 1.46. The van der Waals surface area contributed by atoms with Crippen LogP contribution in [0.15, 0.2) is 30.3 Å². The highest BCUT2D eigenvalue weighted by atomic mass is 16.7. The van der Waals surface area contributed by atoms with Crippen molar-refractivity contribution in [3.8, 4) is 0 Å². The van der Waals surface area contributed by atoms with Crippen LogP contribution in [0.1, 0.15) is 34.6 Å². The molecule has 7 heteroatoms. The van der Waals surface area contributed by atoms with Gasteiger partial charge < -0.3 is 14.8 Å². The monoisotopic (exact) mass is 333 g/mol. The van der Waals surface area contributed by atoms with Crippen LogP contribution in [0.4, 0.5) is 5.69 Å². The SMILES string of the molecule is CC(=O)OC(C)OC(=O)C(C)(C)C(=O)Nc1ccccc1.[B]CC. The van der Waals surface area contributed by atoms with Gasteiger partial charge in [-0.1, -0.05) is 31.4 Å². The summed E-state index contributed by atoms with van der Waals surface area (Å²) in [6.07, 6.45) is -0.293. The molecule has 1 N–H and O–H groups in total. The Morgan fingerprint density at radius 3 is 2.12 bits per heavy atom. The first kappa shape index (κ1) is 21.7. The van der Waals surface area contributed by atoms with E-state index < -0.39 is 29.6 Å². The van der Waals surface area contributed by atoms with E-state index in [4.69, 9.17) is 17.3 Å². The first-order chi connectivity index (χ1) is 11.1. The Labute approximate surface area is 144 Å². The average Bonchev–Trinajstić information content (AvgIpc) is 2.47. The molecule has 24 heavy (non-hydrogen) atoms. The Bertz CT molecular complexity index is 545. The minimum Gasteiger partial charge on any atom is -0.426 e. The number of amides is 1. The van der Waals surface area contributed by atoms with Gasteiger partial charge in [-0.15, -0.1) is 0 Å². The molecule has 1 amide bonds. The topological polar surface area (TPSA) is 81.7 Å². The van der Waals surface area contributed by atoms with E-state index >= 15 is 0 Å². The molecule has 2 radical (unpaired) electrons. The van der Waals surface area contributed by atoms with Gasteiger partial charge >= 0.3 is 11.9 Å². The fourth-order valence-electron chi connectivity index (χ4n) is 1.46. The number of carbonyl (C=O) groups excluding carboxylic acids is 3. The Morgan fingerprint density at radius 2 is 1.67 bits per heavy atom. The maximum absolute atomic E-state index is 12.2. The van der Waals surface area contributed by atoms with Crippen LogP contribution in [0, 0.1) is 5.41 Å². The third kappa shape index (κ3) is 7.81. The highest BCUT2D eigenvalue weighted by molar-refractivity contribution is 6.08. The fraction of sp³-hybridized carbons (Fsp3) is 0.471. The molecule has 1 aromatic rings. The van der Waals surface area contributed by atoms with Crippen molar-refractivity contribution < 1.29 is 23.9 Å². The number of hydrogen-bond donors (Lipinski definition) is 1. The number of hydrogen-bond acceptors (Lipinski definition) is 5. The molecule has 0 aliphatic heterocycles. The van der Waals surface area contributed by atoms with Crippen molar-refractivity contribution in [2.45, 2.75) is 47.2 Å². The van der Waals surface area contributed by atoms with Crippen LogP contribution in [-0.4, -0.2) is 32.0 Å². The van der Waals surface area contributed by atoms with Gasteiger partial charge in [0.25, 0.3) is 0 Å². The zero-order chi connectivity index (χ0) is 18.8. The van der Waals surface area contributed by atoms with E-state index in [9.17, 15) is 14.4 Å².